The zero-order valence-corrected chi connectivity index (χ0v) is 8.07. The lowest BCUT2D eigenvalue weighted by molar-refractivity contribution is 0.555. The van der Waals surface area contributed by atoms with E-state index >= 15 is 0 Å². The number of nitrogens with zero attached hydrogens (tertiary/aromatic N) is 3. The Morgan fingerprint density at radius 3 is 3.00 bits per heavy atom. The summed E-state index contributed by atoms with van der Waals surface area (Å²) in [5.74, 6) is 2.57. The zero-order valence-electron chi connectivity index (χ0n) is 8.07. The minimum absolute atomic E-state index is 0.667. The molecule has 0 N–H and O–H groups in total. The van der Waals surface area contributed by atoms with E-state index in [4.69, 9.17) is 6.42 Å². The quantitative estimate of drug-likeness (QED) is 0.667. The molecular formula is C11H11N3. The molecular weight excluding hydrogens is 174 g/mol. The maximum absolute atomic E-state index is 5.18. The Hall–Kier alpha value is -1.82. The van der Waals surface area contributed by atoms with Crippen molar-refractivity contribution in [1.82, 2.24) is 15.0 Å². The molecule has 0 fully saturated rings. The molecule has 3 heteroatoms. The largest absolute Gasteiger partial charge is 0.183 e. The van der Waals surface area contributed by atoms with E-state index in [0.717, 1.165) is 16.6 Å². The summed E-state index contributed by atoms with van der Waals surface area (Å²) < 4.78 is 0. The van der Waals surface area contributed by atoms with Crippen molar-refractivity contribution in [3.05, 3.63) is 23.8 Å². The van der Waals surface area contributed by atoms with Gasteiger partial charge in [0.05, 0.1) is 6.54 Å². The highest BCUT2D eigenvalue weighted by Gasteiger charge is 2.03. The van der Waals surface area contributed by atoms with Crippen LogP contribution in [0, 0.1) is 19.3 Å². The maximum atomic E-state index is 5.18. The van der Waals surface area contributed by atoms with Crippen molar-refractivity contribution in [1.29, 1.82) is 0 Å². The number of benzene rings is 1. The minimum Gasteiger partial charge on any atom is -0.183 e. The number of fused-ring (bicyclic) bond motifs is 1. The number of terminal acetylenes is 1. The molecule has 2 aromatic rings. The highest BCUT2D eigenvalue weighted by Crippen LogP contribution is 2.12. The van der Waals surface area contributed by atoms with Crippen LogP contribution in [0.1, 0.15) is 12.0 Å². The molecule has 1 aromatic heterocycles. The van der Waals surface area contributed by atoms with Crippen molar-refractivity contribution in [2.75, 3.05) is 0 Å². The molecule has 0 saturated carbocycles. The SMILES string of the molecule is C#CCCn1nc2cccc(C)c2n1. The van der Waals surface area contributed by atoms with Gasteiger partial charge in [0.25, 0.3) is 0 Å². The molecule has 0 radical (unpaired) electrons. The summed E-state index contributed by atoms with van der Waals surface area (Å²) in [6.45, 7) is 2.72. The van der Waals surface area contributed by atoms with Crippen LogP contribution in [0.3, 0.4) is 0 Å². The Kier molecular flexibility index (Phi) is 2.19. The van der Waals surface area contributed by atoms with E-state index in [1.807, 2.05) is 25.1 Å². The summed E-state index contributed by atoms with van der Waals surface area (Å²) in [6, 6.07) is 5.97. The van der Waals surface area contributed by atoms with E-state index in [2.05, 4.69) is 16.1 Å². The molecule has 14 heavy (non-hydrogen) atoms. The second-order valence-corrected chi connectivity index (χ2v) is 3.19. The Morgan fingerprint density at radius 1 is 1.43 bits per heavy atom. The molecule has 0 saturated heterocycles. The van der Waals surface area contributed by atoms with Crippen LogP contribution in [-0.4, -0.2) is 15.0 Å². The van der Waals surface area contributed by atoms with E-state index in [-0.39, 0.29) is 0 Å². The van der Waals surface area contributed by atoms with E-state index in [1.54, 1.807) is 4.80 Å². The number of rotatable bonds is 2. The summed E-state index contributed by atoms with van der Waals surface area (Å²) >= 11 is 0. The average Bonchev–Trinajstić information content (AvgIpc) is 2.59. The molecule has 70 valence electrons. The maximum Gasteiger partial charge on any atom is 0.116 e. The highest BCUT2D eigenvalue weighted by atomic mass is 15.5. The first kappa shape index (κ1) is 8.76. The van der Waals surface area contributed by atoms with Crippen LogP contribution in [0.15, 0.2) is 18.2 Å². The molecule has 2 rings (SSSR count). The van der Waals surface area contributed by atoms with Crippen LogP contribution in [0.4, 0.5) is 0 Å². The van der Waals surface area contributed by atoms with Gasteiger partial charge in [-0.3, -0.25) is 0 Å². The summed E-state index contributed by atoms with van der Waals surface area (Å²) in [4.78, 5) is 1.66. The topological polar surface area (TPSA) is 30.7 Å². The Bertz CT molecular complexity index is 491. The number of hydrogen-bond donors (Lipinski definition) is 0. The van der Waals surface area contributed by atoms with Gasteiger partial charge in [0.2, 0.25) is 0 Å². The van der Waals surface area contributed by atoms with Crippen LogP contribution in [0.25, 0.3) is 11.0 Å². The monoisotopic (exact) mass is 185 g/mol. The molecule has 0 unspecified atom stereocenters. The fourth-order valence-corrected chi connectivity index (χ4v) is 1.38. The van der Waals surface area contributed by atoms with Crippen LogP contribution in [0.5, 0.6) is 0 Å². The molecule has 0 bridgehead atoms. The van der Waals surface area contributed by atoms with Crippen molar-refractivity contribution in [2.45, 2.75) is 19.9 Å². The molecule has 1 aromatic carbocycles. The number of aromatic nitrogens is 3. The molecule has 1 heterocycles. The molecule has 0 spiro atoms. The molecule has 0 aliphatic rings. The standard InChI is InChI=1S/C11H11N3/c1-3-4-8-14-12-10-7-5-6-9(2)11(10)13-14/h1,5-7H,4,8H2,2H3. The van der Waals surface area contributed by atoms with Crippen molar-refractivity contribution >= 4 is 11.0 Å². The van der Waals surface area contributed by atoms with E-state index in [1.165, 1.54) is 0 Å². The zero-order chi connectivity index (χ0) is 9.97. The van der Waals surface area contributed by atoms with Gasteiger partial charge in [0.15, 0.2) is 0 Å². The Morgan fingerprint density at radius 2 is 2.29 bits per heavy atom. The van der Waals surface area contributed by atoms with Crippen molar-refractivity contribution in [3.63, 3.8) is 0 Å². The third-order valence-electron chi connectivity index (χ3n) is 2.11. The van der Waals surface area contributed by atoms with Crippen LogP contribution in [0.2, 0.25) is 0 Å². The fraction of sp³-hybridized carbons (Fsp3) is 0.273. The van der Waals surface area contributed by atoms with Gasteiger partial charge in [-0.1, -0.05) is 12.1 Å². The fourth-order valence-electron chi connectivity index (χ4n) is 1.38. The van der Waals surface area contributed by atoms with Crippen molar-refractivity contribution in [2.24, 2.45) is 0 Å². The normalized spacial score (nSPS) is 10.3. The van der Waals surface area contributed by atoms with Crippen LogP contribution < -0.4 is 0 Å². The van der Waals surface area contributed by atoms with E-state index in [9.17, 15) is 0 Å². The van der Waals surface area contributed by atoms with Gasteiger partial charge in [-0.2, -0.15) is 15.0 Å². The summed E-state index contributed by atoms with van der Waals surface area (Å²) in [5.41, 5.74) is 3.04. The predicted molar refractivity (Wildman–Crippen MR) is 55.7 cm³/mol. The summed E-state index contributed by atoms with van der Waals surface area (Å²) in [7, 11) is 0. The van der Waals surface area contributed by atoms with Crippen molar-refractivity contribution < 1.29 is 0 Å². The lowest BCUT2D eigenvalue weighted by Crippen LogP contribution is -2.00. The lowest BCUT2D eigenvalue weighted by atomic mass is 10.2. The highest BCUT2D eigenvalue weighted by molar-refractivity contribution is 5.76. The summed E-state index contributed by atoms with van der Waals surface area (Å²) in [5, 5.41) is 8.68. The first-order valence-electron chi connectivity index (χ1n) is 4.55. The van der Waals surface area contributed by atoms with Crippen molar-refractivity contribution in [3.8, 4) is 12.3 Å². The van der Waals surface area contributed by atoms with Gasteiger partial charge in [-0.15, -0.1) is 12.3 Å². The second-order valence-electron chi connectivity index (χ2n) is 3.19. The summed E-state index contributed by atoms with van der Waals surface area (Å²) in [6.07, 6.45) is 5.85. The van der Waals surface area contributed by atoms with Crippen LogP contribution >= 0.6 is 0 Å². The number of hydrogen-bond acceptors (Lipinski definition) is 2. The second kappa shape index (κ2) is 3.51. The molecule has 0 atom stereocenters. The van der Waals surface area contributed by atoms with E-state index < -0.39 is 0 Å². The minimum atomic E-state index is 0.667. The van der Waals surface area contributed by atoms with Gasteiger partial charge in [0, 0.05) is 6.42 Å². The third kappa shape index (κ3) is 1.47. The van der Waals surface area contributed by atoms with Gasteiger partial charge < -0.3 is 0 Å². The molecule has 0 aliphatic carbocycles. The van der Waals surface area contributed by atoms with Gasteiger partial charge >= 0.3 is 0 Å². The number of aryl methyl sites for hydroxylation is 2. The third-order valence-corrected chi connectivity index (χ3v) is 2.11. The lowest BCUT2D eigenvalue weighted by Gasteiger charge is -1.91. The first-order valence-corrected chi connectivity index (χ1v) is 4.55. The van der Waals surface area contributed by atoms with Gasteiger partial charge in [0.1, 0.15) is 11.0 Å². The molecule has 0 aliphatic heterocycles. The Labute approximate surface area is 82.7 Å². The smallest absolute Gasteiger partial charge is 0.116 e. The Balaban J connectivity index is 2.42. The van der Waals surface area contributed by atoms with Gasteiger partial charge in [-0.05, 0) is 18.6 Å². The molecule has 0 amide bonds. The first-order chi connectivity index (χ1) is 6.81. The molecule has 3 nitrogen and oxygen atoms in total. The van der Waals surface area contributed by atoms with Gasteiger partial charge in [-0.25, -0.2) is 0 Å². The van der Waals surface area contributed by atoms with E-state index in [0.29, 0.717) is 13.0 Å². The van der Waals surface area contributed by atoms with Crippen LogP contribution in [-0.2, 0) is 6.54 Å². The predicted octanol–water partition coefficient (Wildman–Crippen LogP) is 1.76. The average molecular weight is 185 g/mol.